The number of nitrogens with zero attached hydrogens (tertiary/aromatic N) is 3. The molecule has 9 heteroatoms. The number of carbonyl (C=O) groups excluding carboxylic acids is 3. The molecule has 0 atom stereocenters. The van der Waals surface area contributed by atoms with Crippen LogP contribution in [-0.4, -0.2) is 41.0 Å². The number of carbonyl (C=O) groups is 3. The van der Waals surface area contributed by atoms with Gasteiger partial charge in [-0.2, -0.15) is 4.99 Å². The lowest BCUT2D eigenvalue weighted by Crippen LogP contribution is -2.24. The monoisotopic (exact) mass is 494 g/mol. The topological polar surface area (TPSA) is 103 Å². The zero-order chi connectivity index (χ0) is 25.6. The third-order valence-corrected chi connectivity index (χ3v) is 6.24. The van der Waals surface area contributed by atoms with Crippen molar-refractivity contribution >= 4 is 29.1 Å². The average molecular weight is 495 g/mol. The maximum absolute atomic E-state index is 12.9. The maximum Gasteiger partial charge on any atom is 0.337 e. The van der Waals surface area contributed by atoms with Crippen molar-refractivity contribution in [1.29, 1.82) is 0 Å². The van der Waals surface area contributed by atoms with Crippen LogP contribution >= 0.6 is 11.3 Å². The Morgan fingerprint density at radius 3 is 2.49 bits per heavy atom. The predicted octanol–water partition coefficient (Wildman–Crippen LogP) is 3.96. The summed E-state index contributed by atoms with van der Waals surface area (Å²) >= 11 is 1.35. The highest BCUT2D eigenvalue weighted by Crippen LogP contribution is 2.26. The van der Waals surface area contributed by atoms with Crippen LogP contribution in [0.3, 0.4) is 0 Å². The first kappa shape index (κ1) is 26.0. The maximum atomic E-state index is 12.9. The molecular weight excluding hydrogens is 464 g/mol. The minimum atomic E-state index is -0.553. The van der Waals surface area contributed by atoms with Crippen molar-refractivity contribution in [2.45, 2.75) is 46.1 Å². The second kappa shape index (κ2) is 11.2. The Balaban J connectivity index is 1.98. The van der Waals surface area contributed by atoms with E-state index in [2.05, 4.69) is 60.3 Å². The van der Waals surface area contributed by atoms with E-state index in [1.165, 1.54) is 49.3 Å². The van der Waals surface area contributed by atoms with E-state index < -0.39 is 11.9 Å². The summed E-state index contributed by atoms with van der Waals surface area (Å²) in [4.78, 5) is 44.9. The molecule has 0 unspecified atom stereocenters. The summed E-state index contributed by atoms with van der Waals surface area (Å²) in [6.45, 7) is 9.05. The number of amides is 2. The van der Waals surface area contributed by atoms with E-state index in [1.54, 1.807) is 0 Å². The van der Waals surface area contributed by atoms with Gasteiger partial charge < -0.3 is 14.6 Å². The molecule has 0 fully saturated rings. The van der Waals surface area contributed by atoms with Crippen LogP contribution in [0.4, 0.5) is 0 Å². The Morgan fingerprint density at radius 2 is 1.86 bits per heavy atom. The van der Waals surface area contributed by atoms with Crippen molar-refractivity contribution < 1.29 is 19.1 Å². The smallest absolute Gasteiger partial charge is 0.337 e. The molecule has 1 aromatic carbocycles. The van der Waals surface area contributed by atoms with Crippen LogP contribution in [0, 0.1) is 0 Å². The van der Waals surface area contributed by atoms with E-state index in [0.717, 1.165) is 11.3 Å². The minimum absolute atomic E-state index is 0.0418. The van der Waals surface area contributed by atoms with Gasteiger partial charge >= 0.3 is 5.97 Å². The quantitative estimate of drug-likeness (QED) is 0.396. The highest BCUT2D eigenvalue weighted by atomic mass is 32.1. The Hall–Kier alpha value is -3.59. The number of aromatic nitrogens is 2. The van der Waals surface area contributed by atoms with E-state index in [9.17, 15) is 14.4 Å². The van der Waals surface area contributed by atoms with Gasteiger partial charge in [0.2, 0.25) is 5.91 Å². The fourth-order valence-corrected chi connectivity index (χ4v) is 4.38. The third kappa shape index (κ3) is 6.73. The highest BCUT2D eigenvalue weighted by molar-refractivity contribution is 7.07. The molecule has 0 aliphatic heterocycles. The molecular formula is C26H30N4O4S. The molecule has 0 spiro atoms. The molecule has 184 valence electrons. The van der Waals surface area contributed by atoms with Crippen LogP contribution in [0.15, 0.2) is 53.0 Å². The van der Waals surface area contributed by atoms with Crippen LogP contribution < -0.4 is 10.1 Å². The summed E-state index contributed by atoms with van der Waals surface area (Å²) in [5, 5.41) is 4.77. The molecule has 8 nitrogen and oxygen atoms in total. The Labute approximate surface area is 208 Å². The van der Waals surface area contributed by atoms with Crippen molar-refractivity contribution in [3.05, 3.63) is 69.6 Å². The summed E-state index contributed by atoms with van der Waals surface area (Å²) in [7, 11) is 1.28. The van der Waals surface area contributed by atoms with Gasteiger partial charge in [-0.3, -0.25) is 14.6 Å². The summed E-state index contributed by atoms with van der Waals surface area (Å²) in [6.07, 6.45) is 2.05. The molecule has 0 radical (unpaired) electrons. The lowest BCUT2D eigenvalue weighted by Gasteiger charge is -2.19. The molecule has 2 amide bonds. The van der Waals surface area contributed by atoms with Gasteiger partial charge in [0.15, 0.2) is 4.80 Å². The Morgan fingerprint density at radius 1 is 1.14 bits per heavy atom. The van der Waals surface area contributed by atoms with Gasteiger partial charge in [-0.15, -0.1) is 11.3 Å². The van der Waals surface area contributed by atoms with Gasteiger partial charge in [-0.25, -0.2) is 4.79 Å². The van der Waals surface area contributed by atoms with Gasteiger partial charge in [0.05, 0.1) is 18.4 Å². The summed E-state index contributed by atoms with van der Waals surface area (Å²) in [5.74, 6) is -1.19. The van der Waals surface area contributed by atoms with E-state index in [1.807, 2.05) is 9.95 Å². The van der Waals surface area contributed by atoms with Gasteiger partial charge in [-0.1, -0.05) is 45.0 Å². The number of methoxy groups -OCH3 is 1. The van der Waals surface area contributed by atoms with E-state index >= 15 is 0 Å². The van der Waals surface area contributed by atoms with Crippen molar-refractivity contribution in [1.82, 2.24) is 14.9 Å². The lowest BCUT2D eigenvalue weighted by atomic mass is 9.86. The average Bonchev–Trinajstić information content (AvgIpc) is 3.22. The fraction of sp³-hybridized carbons (Fsp3) is 0.346. The van der Waals surface area contributed by atoms with Crippen LogP contribution in [0.1, 0.15) is 60.5 Å². The van der Waals surface area contributed by atoms with Crippen molar-refractivity contribution in [3.63, 3.8) is 0 Å². The summed E-state index contributed by atoms with van der Waals surface area (Å²) in [6, 6.07) is 11.2. The number of nitrogens with one attached hydrogen (secondary N) is 1. The minimum Gasteiger partial charge on any atom is -0.465 e. The van der Waals surface area contributed by atoms with Gasteiger partial charge in [0, 0.05) is 31.6 Å². The molecule has 0 bridgehead atoms. The Bertz CT molecular complexity index is 1280. The number of rotatable bonds is 7. The first-order valence-electron chi connectivity index (χ1n) is 11.3. The molecule has 1 N–H and O–H groups in total. The molecule has 0 saturated carbocycles. The summed E-state index contributed by atoms with van der Waals surface area (Å²) in [5.41, 5.74) is 3.50. The zero-order valence-electron chi connectivity index (χ0n) is 20.6. The second-order valence-electron chi connectivity index (χ2n) is 9.06. The molecule has 3 rings (SSSR count). The second-order valence-corrected chi connectivity index (χ2v) is 9.89. The first-order chi connectivity index (χ1) is 16.6. The number of esters is 1. The lowest BCUT2D eigenvalue weighted by molar-refractivity contribution is -0.118. The van der Waals surface area contributed by atoms with Crippen molar-refractivity contribution in [2.24, 2.45) is 4.99 Å². The van der Waals surface area contributed by atoms with Crippen LogP contribution in [0.5, 0.6) is 0 Å². The predicted molar refractivity (Wildman–Crippen MR) is 135 cm³/mol. The third-order valence-electron chi connectivity index (χ3n) is 5.37. The number of ether oxygens (including phenoxy) is 1. The van der Waals surface area contributed by atoms with Crippen LogP contribution in [0.2, 0.25) is 0 Å². The molecule has 3 aromatic rings. The SMILES string of the molecule is COC(=O)c1ccnc(C(=O)N=c2scc(-c3ccc(C(C)(C)C)cc3)n2CCCNC(C)=O)c1. The fourth-order valence-electron chi connectivity index (χ4n) is 3.44. The van der Waals surface area contributed by atoms with E-state index in [-0.39, 0.29) is 22.6 Å². The first-order valence-corrected chi connectivity index (χ1v) is 12.1. The van der Waals surface area contributed by atoms with Crippen LogP contribution in [-0.2, 0) is 21.5 Å². The molecule has 2 heterocycles. The number of benzene rings is 1. The van der Waals surface area contributed by atoms with E-state index in [4.69, 9.17) is 4.74 Å². The zero-order valence-corrected chi connectivity index (χ0v) is 21.4. The van der Waals surface area contributed by atoms with Crippen molar-refractivity contribution in [3.8, 4) is 11.3 Å². The summed E-state index contributed by atoms with van der Waals surface area (Å²) < 4.78 is 6.69. The van der Waals surface area contributed by atoms with Gasteiger partial charge in [0.1, 0.15) is 5.69 Å². The van der Waals surface area contributed by atoms with Gasteiger partial charge in [-0.05, 0) is 35.1 Å². The number of hydrogen-bond acceptors (Lipinski definition) is 6. The number of pyridine rings is 1. The number of thiazole rings is 1. The number of hydrogen-bond donors (Lipinski definition) is 1. The van der Waals surface area contributed by atoms with Crippen LogP contribution in [0.25, 0.3) is 11.3 Å². The molecule has 2 aromatic heterocycles. The Kier molecular flexibility index (Phi) is 8.34. The largest absolute Gasteiger partial charge is 0.465 e. The molecule has 35 heavy (non-hydrogen) atoms. The molecule has 0 aliphatic carbocycles. The molecule has 0 saturated heterocycles. The van der Waals surface area contributed by atoms with Crippen molar-refractivity contribution in [2.75, 3.05) is 13.7 Å². The van der Waals surface area contributed by atoms with Gasteiger partial charge in [0.25, 0.3) is 5.91 Å². The standard InChI is InChI=1S/C26H30N4O4S/c1-17(31)27-12-6-14-30-22(18-7-9-20(10-8-18)26(2,3)4)16-35-25(30)29-23(32)21-15-19(11-13-28-21)24(33)34-5/h7-11,13,15-16H,6,12,14H2,1-5H3,(H,27,31). The normalized spacial score (nSPS) is 11.9. The molecule has 0 aliphatic rings. The highest BCUT2D eigenvalue weighted by Gasteiger charge is 2.16. The van der Waals surface area contributed by atoms with E-state index in [0.29, 0.717) is 24.3 Å².